The maximum Gasteiger partial charge on any atom is 0.246 e. The van der Waals surface area contributed by atoms with Crippen LogP contribution in [0.25, 0.3) is 0 Å². The van der Waals surface area contributed by atoms with Crippen molar-refractivity contribution in [3.05, 3.63) is 29.8 Å². The van der Waals surface area contributed by atoms with E-state index >= 15 is 0 Å². The second kappa shape index (κ2) is 5.64. The average molecular weight is 247 g/mol. The molecule has 0 aliphatic carbocycles. The summed E-state index contributed by atoms with van der Waals surface area (Å²) in [5.74, 6) is -0.205. The van der Waals surface area contributed by atoms with Gasteiger partial charge in [0.15, 0.2) is 0 Å². The van der Waals surface area contributed by atoms with Gasteiger partial charge in [0, 0.05) is 18.7 Å². The van der Waals surface area contributed by atoms with Gasteiger partial charge < -0.3 is 16.0 Å². The number of hydrogen-bond acceptors (Lipinski definition) is 3. The van der Waals surface area contributed by atoms with E-state index in [1.165, 1.54) is 0 Å². The normalized spacial score (nSPS) is 18.5. The highest BCUT2D eigenvalue weighted by molar-refractivity contribution is 5.99. The largest absolute Gasteiger partial charge is 0.344 e. The Balaban J connectivity index is 2.04. The van der Waals surface area contributed by atoms with Gasteiger partial charge in [-0.2, -0.15) is 0 Å². The molecule has 1 aliphatic rings. The highest BCUT2D eigenvalue weighted by Crippen LogP contribution is 2.16. The number of nitrogens with one attached hydrogen (secondary N) is 3. The number of para-hydroxylation sites is 1. The van der Waals surface area contributed by atoms with Crippen LogP contribution in [0.1, 0.15) is 18.4 Å². The Morgan fingerprint density at radius 2 is 2.22 bits per heavy atom. The molecule has 3 N–H and O–H groups in total. The summed E-state index contributed by atoms with van der Waals surface area (Å²) in [5, 5.41) is 8.58. The molecule has 1 aliphatic heterocycles. The minimum atomic E-state index is -0.403. The second-order valence-electron chi connectivity index (χ2n) is 4.34. The van der Waals surface area contributed by atoms with E-state index in [9.17, 15) is 9.59 Å². The summed E-state index contributed by atoms with van der Waals surface area (Å²) in [5.41, 5.74) is 1.82. The summed E-state index contributed by atoms with van der Waals surface area (Å²) in [6.45, 7) is 0.688. The molecular weight excluding hydrogens is 230 g/mol. The zero-order chi connectivity index (χ0) is 13.0. The molecule has 1 saturated heterocycles. The van der Waals surface area contributed by atoms with E-state index in [-0.39, 0.29) is 11.8 Å². The number of anilines is 1. The molecule has 0 radical (unpaired) electrons. The van der Waals surface area contributed by atoms with Crippen molar-refractivity contribution in [2.75, 3.05) is 12.4 Å². The topological polar surface area (TPSA) is 70.2 Å². The van der Waals surface area contributed by atoms with Crippen molar-refractivity contribution in [2.24, 2.45) is 0 Å². The fourth-order valence-electron chi connectivity index (χ4n) is 2.02. The Morgan fingerprint density at radius 3 is 2.89 bits per heavy atom. The SMILES string of the molecule is CNCc1ccccc1NC(=O)[C@H]1CCC(=O)N1. The number of amides is 2. The van der Waals surface area contributed by atoms with Crippen molar-refractivity contribution < 1.29 is 9.59 Å². The van der Waals surface area contributed by atoms with E-state index in [4.69, 9.17) is 0 Å². The van der Waals surface area contributed by atoms with Crippen molar-refractivity contribution in [1.82, 2.24) is 10.6 Å². The third kappa shape index (κ3) is 2.87. The second-order valence-corrected chi connectivity index (χ2v) is 4.34. The van der Waals surface area contributed by atoms with Gasteiger partial charge in [-0.3, -0.25) is 9.59 Å². The molecule has 2 amide bonds. The molecule has 0 bridgehead atoms. The highest BCUT2D eigenvalue weighted by atomic mass is 16.2. The first kappa shape index (κ1) is 12.6. The van der Waals surface area contributed by atoms with Gasteiger partial charge in [0.1, 0.15) is 6.04 Å². The number of hydrogen-bond donors (Lipinski definition) is 3. The molecule has 1 atom stereocenters. The van der Waals surface area contributed by atoms with Crippen LogP contribution in [0.5, 0.6) is 0 Å². The monoisotopic (exact) mass is 247 g/mol. The fourth-order valence-corrected chi connectivity index (χ4v) is 2.02. The molecule has 1 heterocycles. The van der Waals surface area contributed by atoms with Crippen LogP contribution in [0.3, 0.4) is 0 Å². The van der Waals surface area contributed by atoms with Gasteiger partial charge in [-0.1, -0.05) is 18.2 Å². The number of carbonyl (C=O) groups is 2. The van der Waals surface area contributed by atoms with Crippen molar-refractivity contribution >= 4 is 17.5 Å². The summed E-state index contributed by atoms with van der Waals surface area (Å²) in [6, 6.07) is 7.22. The van der Waals surface area contributed by atoms with Gasteiger partial charge >= 0.3 is 0 Å². The Labute approximate surface area is 106 Å². The maximum atomic E-state index is 12.0. The van der Waals surface area contributed by atoms with Gasteiger partial charge in [-0.05, 0) is 25.1 Å². The van der Waals surface area contributed by atoms with Crippen molar-refractivity contribution in [3.8, 4) is 0 Å². The third-order valence-electron chi connectivity index (χ3n) is 2.95. The molecule has 1 fully saturated rings. The number of benzene rings is 1. The van der Waals surface area contributed by atoms with Gasteiger partial charge in [0.2, 0.25) is 11.8 Å². The number of rotatable bonds is 4. The minimum absolute atomic E-state index is 0.0568. The first-order valence-corrected chi connectivity index (χ1v) is 6.03. The molecule has 0 unspecified atom stereocenters. The van der Waals surface area contributed by atoms with Crippen LogP contribution in [-0.4, -0.2) is 24.9 Å². The summed E-state index contributed by atoms with van der Waals surface area (Å²) in [6.07, 6.45) is 0.995. The molecule has 2 rings (SSSR count). The van der Waals surface area contributed by atoms with Crippen molar-refractivity contribution in [1.29, 1.82) is 0 Å². The molecule has 5 heteroatoms. The lowest BCUT2D eigenvalue weighted by Crippen LogP contribution is -2.37. The van der Waals surface area contributed by atoms with E-state index in [1.54, 1.807) is 0 Å². The maximum absolute atomic E-state index is 12.0. The molecule has 0 spiro atoms. The van der Waals surface area contributed by atoms with Gasteiger partial charge in [-0.25, -0.2) is 0 Å². The Morgan fingerprint density at radius 1 is 1.44 bits per heavy atom. The smallest absolute Gasteiger partial charge is 0.246 e. The van der Waals surface area contributed by atoms with Crippen LogP contribution in [0, 0.1) is 0 Å². The summed E-state index contributed by atoms with van der Waals surface area (Å²) in [4.78, 5) is 23.0. The molecule has 1 aromatic rings. The molecule has 5 nitrogen and oxygen atoms in total. The lowest BCUT2D eigenvalue weighted by molar-refractivity contribution is -0.122. The zero-order valence-corrected chi connectivity index (χ0v) is 10.3. The summed E-state index contributed by atoms with van der Waals surface area (Å²) >= 11 is 0. The predicted molar refractivity (Wildman–Crippen MR) is 69.0 cm³/mol. The fraction of sp³-hybridized carbons (Fsp3) is 0.385. The van der Waals surface area contributed by atoms with E-state index in [0.29, 0.717) is 19.4 Å². The van der Waals surface area contributed by atoms with Gasteiger partial charge in [0.05, 0.1) is 0 Å². The third-order valence-corrected chi connectivity index (χ3v) is 2.95. The Hall–Kier alpha value is -1.88. The summed E-state index contributed by atoms with van der Waals surface area (Å²) in [7, 11) is 1.86. The van der Waals surface area contributed by atoms with Crippen LogP contribution in [-0.2, 0) is 16.1 Å². The zero-order valence-electron chi connectivity index (χ0n) is 10.3. The lowest BCUT2D eigenvalue weighted by atomic mass is 10.1. The van der Waals surface area contributed by atoms with E-state index in [2.05, 4.69) is 16.0 Å². The van der Waals surface area contributed by atoms with Crippen LogP contribution >= 0.6 is 0 Å². The van der Waals surface area contributed by atoms with Gasteiger partial charge in [0.25, 0.3) is 0 Å². The number of carbonyl (C=O) groups excluding carboxylic acids is 2. The Kier molecular flexibility index (Phi) is 3.94. The molecule has 18 heavy (non-hydrogen) atoms. The molecule has 0 saturated carbocycles. The quantitative estimate of drug-likeness (QED) is 0.730. The van der Waals surface area contributed by atoms with Crippen LogP contribution in [0.2, 0.25) is 0 Å². The first-order chi connectivity index (χ1) is 8.70. The summed E-state index contributed by atoms with van der Waals surface area (Å²) < 4.78 is 0. The molecule has 0 aromatic heterocycles. The first-order valence-electron chi connectivity index (χ1n) is 6.03. The Bertz CT molecular complexity index is 459. The van der Waals surface area contributed by atoms with Crippen LogP contribution < -0.4 is 16.0 Å². The lowest BCUT2D eigenvalue weighted by Gasteiger charge is -2.14. The molecule has 1 aromatic carbocycles. The molecular formula is C13H17N3O2. The standard InChI is InChI=1S/C13H17N3O2/c1-14-8-9-4-2-3-5-10(9)16-13(18)11-6-7-12(17)15-11/h2-5,11,14H,6-8H2,1H3,(H,15,17)(H,16,18)/t11-/m1/s1. The van der Waals surface area contributed by atoms with E-state index in [1.807, 2.05) is 31.3 Å². The predicted octanol–water partition coefficient (Wildman–Crippen LogP) is 0.623. The minimum Gasteiger partial charge on any atom is -0.344 e. The van der Waals surface area contributed by atoms with Crippen LogP contribution in [0.4, 0.5) is 5.69 Å². The van der Waals surface area contributed by atoms with Crippen molar-refractivity contribution in [2.45, 2.75) is 25.4 Å². The van der Waals surface area contributed by atoms with Crippen molar-refractivity contribution in [3.63, 3.8) is 0 Å². The van der Waals surface area contributed by atoms with Gasteiger partial charge in [-0.15, -0.1) is 0 Å². The van der Waals surface area contributed by atoms with E-state index < -0.39 is 6.04 Å². The van der Waals surface area contributed by atoms with Crippen LogP contribution in [0.15, 0.2) is 24.3 Å². The van der Waals surface area contributed by atoms with E-state index in [0.717, 1.165) is 11.3 Å². The highest BCUT2D eigenvalue weighted by Gasteiger charge is 2.27. The molecule has 96 valence electrons. The average Bonchev–Trinajstić information content (AvgIpc) is 2.79.